The summed E-state index contributed by atoms with van der Waals surface area (Å²) in [6.45, 7) is 0. The van der Waals surface area contributed by atoms with Gasteiger partial charge >= 0.3 is 5.97 Å². The molecule has 2 heterocycles. The molecule has 88 valence electrons. The van der Waals surface area contributed by atoms with Crippen LogP contribution in [0.25, 0.3) is 0 Å². The predicted octanol–water partition coefficient (Wildman–Crippen LogP) is -0.459. The van der Waals surface area contributed by atoms with Crippen LogP contribution in [0.1, 0.15) is 23.2 Å². The van der Waals surface area contributed by atoms with Crippen molar-refractivity contribution in [3.05, 3.63) is 35.3 Å². The molecule has 1 fully saturated rings. The van der Waals surface area contributed by atoms with Crippen molar-refractivity contribution in [3.8, 4) is 0 Å². The van der Waals surface area contributed by atoms with Crippen LogP contribution in [0.2, 0.25) is 0 Å². The summed E-state index contributed by atoms with van der Waals surface area (Å²) in [5.74, 6) is -2.04. The Labute approximate surface area is 95.7 Å². The van der Waals surface area contributed by atoms with Crippen molar-refractivity contribution in [2.75, 3.05) is 0 Å². The van der Waals surface area contributed by atoms with E-state index in [2.05, 4.69) is 4.84 Å². The highest BCUT2D eigenvalue weighted by Gasteiger charge is 2.33. The first-order valence-corrected chi connectivity index (χ1v) is 4.85. The number of hydrogen-bond donors (Lipinski definition) is 0. The SMILES string of the molecule is O=C(ON1C(=O)CCC1=O)c1ccc[n+]([O-])c1. The number of imide groups is 1. The molecule has 0 aromatic carbocycles. The van der Waals surface area contributed by atoms with Gasteiger partial charge in [0.25, 0.3) is 11.8 Å². The van der Waals surface area contributed by atoms with Crippen LogP contribution in [0, 0.1) is 5.21 Å². The van der Waals surface area contributed by atoms with Crippen molar-refractivity contribution in [1.82, 2.24) is 5.06 Å². The first kappa shape index (κ1) is 11.1. The van der Waals surface area contributed by atoms with Gasteiger partial charge in [-0.15, -0.1) is 5.06 Å². The van der Waals surface area contributed by atoms with E-state index in [9.17, 15) is 19.6 Å². The molecule has 7 nitrogen and oxygen atoms in total. The minimum absolute atomic E-state index is 0.0302. The Morgan fingerprint density at radius 3 is 2.59 bits per heavy atom. The smallest absolute Gasteiger partial charge is 0.369 e. The van der Waals surface area contributed by atoms with Crippen molar-refractivity contribution in [2.24, 2.45) is 0 Å². The zero-order valence-corrected chi connectivity index (χ0v) is 8.66. The number of aromatic nitrogens is 1. The number of carbonyl (C=O) groups excluding carboxylic acids is 3. The highest BCUT2D eigenvalue weighted by atomic mass is 16.7. The molecule has 1 aliphatic rings. The molecule has 2 amide bonds. The van der Waals surface area contributed by atoms with E-state index in [-0.39, 0.29) is 18.4 Å². The largest absolute Gasteiger partial charge is 0.619 e. The first-order chi connectivity index (χ1) is 8.08. The third kappa shape index (κ3) is 2.22. The van der Waals surface area contributed by atoms with Gasteiger partial charge in [-0.3, -0.25) is 9.59 Å². The number of nitrogens with zero attached hydrogens (tertiary/aromatic N) is 2. The lowest BCUT2D eigenvalue weighted by Gasteiger charge is -2.11. The molecule has 0 atom stereocenters. The van der Waals surface area contributed by atoms with E-state index in [4.69, 9.17) is 0 Å². The summed E-state index contributed by atoms with van der Waals surface area (Å²) in [6, 6.07) is 2.71. The van der Waals surface area contributed by atoms with Gasteiger partial charge in [0.15, 0.2) is 12.4 Å². The lowest BCUT2D eigenvalue weighted by atomic mass is 10.3. The Hall–Kier alpha value is -2.44. The van der Waals surface area contributed by atoms with Crippen LogP contribution in [0.3, 0.4) is 0 Å². The molecule has 0 bridgehead atoms. The monoisotopic (exact) mass is 236 g/mol. The lowest BCUT2D eigenvalue weighted by Crippen LogP contribution is -2.33. The molecule has 1 aromatic rings. The Morgan fingerprint density at radius 2 is 2.00 bits per heavy atom. The third-order valence-corrected chi connectivity index (χ3v) is 2.19. The van der Waals surface area contributed by atoms with E-state index in [0.29, 0.717) is 9.79 Å². The highest BCUT2D eigenvalue weighted by molar-refractivity contribution is 6.02. The number of hydroxylamine groups is 2. The van der Waals surface area contributed by atoms with Crippen LogP contribution in [-0.2, 0) is 14.4 Å². The minimum atomic E-state index is -0.918. The molecule has 1 saturated heterocycles. The Balaban J connectivity index is 2.12. The van der Waals surface area contributed by atoms with Crippen molar-refractivity contribution in [3.63, 3.8) is 0 Å². The molecular formula is C10H8N2O5. The molecule has 0 saturated carbocycles. The fourth-order valence-electron chi connectivity index (χ4n) is 1.37. The molecule has 0 radical (unpaired) electrons. The van der Waals surface area contributed by atoms with Crippen LogP contribution in [0.15, 0.2) is 24.5 Å². The van der Waals surface area contributed by atoms with Crippen molar-refractivity contribution < 1.29 is 24.0 Å². The summed E-state index contributed by atoms with van der Waals surface area (Å²) in [5, 5.41) is 11.4. The summed E-state index contributed by atoms with van der Waals surface area (Å²) < 4.78 is 0.421. The second-order valence-corrected chi connectivity index (χ2v) is 3.41. The zero-order chi connectivity index (χ0) is 12.4. The van der Waals surface area contributed by atoms with Gasteiger partial charge in [0.2, 0.25) is 0 Å². The van der Waals surface area contributed by atoms with E-state index in [1.54, 1.807) is 0 Å². The van der Waals surface area contributed by atoms with E-state index in [1.807, 2.05) is 0 Å². The van der Waals surface area contributed by atoms with Gasteiger partial charge in [-0.1, -0.05) is 0 Å². The van der Waals surface area contributed by atoms with E-state index >= 15 is 0 Å². The fraction of sp³-hybridized carbons (Fsp3) is 0.200. The van der Waals surface area contributed by atoms with Crippen LogP contribution < -0.4 is 4.73 Å². The van der Waals surface area contributed by atoms with Gasteiger partial charge in [-0.25, -0.2) is 4.79 Å². The Bertz CT molecular complexity index is 483. The van der Waals surface area contributed by atoms with E-state index in [1.165, 1.54) is 18.3 Å². The number of hydrogen-bond acceptors (Lipinski definition) is 5. The van der Waals surface area contributed by atoms with Crippen molar-refractivity contribution in [2.45, 2.75) is 12.8 Å². The second-order valence-electron chi connectivity index (χ2n) is 3.41. The summed E-state index contributed by atoms with van der Waals surface area (Å²) in [4.78, 5) is 38.5. The molecular weight excluding hydrogens is 228 g/mol. The fourth-order valence-corrected chi connectivity index (χ4v) is 1.37. The third-order valence-electron chi connectivity index (χ3n) is 2.19. The summed E-state index contributed by atoms with van der Waals surface area (Å²) in [5.41, 5.74) is -0.0324. The van der Waals surface area contributed by atoms with Crippen LogP contribution >= 0.6 is 0 Å². The molecule has 2 rings (SSSR count). The van der Waals surface area contributed by atoms with Gasteiger partial charge in [0.1, 0.15) is 5.56 Å². The first-order valence-electron chi connectivity index (χ1n) is 4.85. The number of carbonyl (C=O) groups is 3. The molecule has 1 aromatic heterocycles. The predicted molar refractivity (Wildman–Crippen MR) is 51.9 cm³/mol. The van der Waals surface area contributed by atoms with Crippen LogP contribution in [0.4, 0.5) is 0 Å². The average Bonchev–Trinajstić information content (AvgIpc) is 2.61. The normalized spacial score (nSPS) is 15.2. The number of pyridine rings is 1. The molecule has 0 unspecified atom stereocenters. The van der Waals surface area contributed by atoms with Crippen LogP contribution in [-0.4, -0.2) is 22.8 Å². The quantitative estimate of drug-likeness (QED) is 0.393. The molecule has 1 aliphatic heterocycles. The van der Waals surface area contributed by atoms with Gasteiger partial charge in [0, 0.05) is 18.9 Å². The number of rotatable bonds is 2. The van der Waals surface area contributed by atoms with Crippen LogP contribution in [0.5, 0.6) is 0 Å². The summed E-state index contributed by atoms with van der Waals surface area (Å²) >= 11 is 0. The maximum absolute atomic E-state index is 11.5. The molecule has 0 N–H and O–H groups in total. The highest BCUT2D eigenvalue weighted by Crippen LogP contribution is 2.13. The van der Waals surface area contributed by atoms with Gasteiger partial charge < -0.3 is 10.0 Å². The number of amides is 2. The van der Waals surface area contributed by atoms with E-state index < -0.39 is 17.8 Å². The van der Waals surface area contributed by atoms with E-state index in [0.717, 1.165) is 6.20 Å². The minimum Gasteiger partial charge on any atom is -0.619 e. The van der Waals surface area contributed by atoms with Gasteiger partial charge in [-0.05, 0) is 6.07 Å². The molecule has 17 heavy (non-hydrogen) atoms. The average molecular weight is 236 g/mol. The Kier molecular flexibility index (Phi) is 2.73. The Morgan fingerprint density at radius 1 is 1.35 bits per heavy atom. The molecule has 0 spiro atoms. The molecule has 7 heteroatoms. The summed E-state index contributed by atoms with van der Waals surface area (Å²) in [7, 11) is 0. The topological polar surface area (TPSA) is 90.6 Å². The molecule has 0 aliphatic carbocycles. The van der Waals surface area contributed by atoms with Crippen molar-refractivity contribution >= 4 is 17.8 Å². The summed E-state index contributed by atoms with van der Waals surface area (Å²) in [6.07, 6.45) is 2.25. The second kappa shape index (κ2) is 4.20. The maximum atomic E-state index is 11.5. The van der Waals surface area contributed by atoms with Crippen molar-refractivity contribution in [1.29, 1.82) is 0 Å². The standard InChI is InChI=1S/C10H8N2O5/c13-8-3-4-9(14)12(8)17-10(15)7-2-1-5-11(16)6-7/h1-2,5-6H,3-4H2. The van der Waals surface area contributed by atoms with Gasteiger partial charge in [-0.2, -0.15) is 4.73 Å². The maximum Gasteiger partial charge on any atom is 0.369 e. The van der Waals surface area contributed by atoms with Gasteiger partial charge in [0.05, 0.1) is 0 Å². The lowest BCUT2D eigenvalue weighted by molar-refractivity contribution is -0.605. The zero-order valence-electron chi connectivity index (χ0n) is 8.66.